The van der Waals surface area contributed by atoms with E-state index in [4.69, 9.17) is 11.6 Å². The summed E-state index contributed by atoms with van der Waals surface area (Å²) in [4.78, 5) is 11.2. The molecule has 0 aromatic heterocycles. The molecule has 0 spiro atoms. The van der Waals surface area contributed by atoms with E-state index in [2.05, 4.69) is 0 Å². The van der Waals surface area contributed by atoms with Gasteiger partial charge in [0.05, 0.1) is 10.6 Å². The summed E-state index contributed by atoms with van der Waals surface area (Å²) in [6, 6.07) is 9.03. The number of rotatable bonds is 2. The van der Waals surface area contributed by atoms with Crippen LogP contribution < -0.4 is 0 Å². The summed E-state index contributed by atoms with van der Waals surface area (Å²) in [6.07, 6.45) is 0. The Morgan fingerprint density at radius 2 is 1.94 bits per heavy atom. The second-order valence-corrected chi connectivity index (χ2v) is 4.33. The lowest BCUT2D eigenvalue weighted by Crippen LogP contribution is -2.01. The smallest absolute Gasteiger partial charge is 0.337 e. The maximum atomic E-state index is 13.3. The molecule has 0 radical (unpaired) electrons. The molecule has 1 N–H and O–H groups in total. The summed E-state index contributed by atoms with van der Waals surface area (Å²) in [5, 5.41) is 9.33. The highest BCUT2D eigenvalue weighted by Gasteiger charge is 2.17. The fourth-order valence-corrected chi connectivity index (χ4v) is 2.11. The Hall–Kier alpha value is -1.87. The first-order valence-electron chi connectivity index (χ1n) is 5.29. The number of hydrogen-bond donors (Lipinski definition) is 1. The Labute approximate surface area is 109 Å². The highest BCUT2D eigenvalue weighted by Crippen LogP contribution is 2.31. The average molecular weight is 265 g/mol. The summed E-state index contributed by atoms with van der Waals surface area (Å²) in [5.41, 5.74) is 1.75. The fourth-order valence-electron chi connectivity index (χ4n) is 1.85. The van der Waals surface area contributed by atoms with E-state index < -0.39 is 11.8 Å². The molecule has 0 saturated carbocycles. The summed E-state index contributed by atoms with van der Waals surface area (Å²) < 4.78 is 13.3. The van der Waals surface area contributed by atoms with Gasteiger partial charge in [-0.1, -0.05) is 29.8 Å². The maximum absolute atomic E-state index is 13.3. The first-order chi connectivity index (χ1) is 8.50. The summed E-state index contributed by atoms with van der Waals surface area (Å²) in [5.74, 6) is -1.54. The van der Waals surface area contributed by atoms with Gasteiger partial charge < -0.3 is 5.11 Å². The normalized spacial score (nSPS) is 10.4. The van der Waals surface area contributed by atoms with Gasteiger partial charge in [-0.25, -0.2) is 9.18 Å². The molecule has 0 aliphatic rings. The molecule has 0 bridgehead atoms. The van der Waals surface area contributed by atoms with Crippen LogP contribution in [0.25, 0.3) is 11.1 Å². The van der Waals surface area contributed by atoms with Crippen LogP contribution in [0.15, 0.2) is 36.4 Å². The molecule has 0 unspecified atom stereocenters. The van der Waals surface area contributed by atoms with Crippen LogP contribution in [-0.4, -0.2) is 11.1 Å². The van der Waals surface area contributed by atoms with E-state index in [0.29, 0.717) is 11.1 Å². The molecule has 18 heavy (non-hydrogen) atoms. The molecule has 0 heterocycles. The van der Waals surface area contributed by atoms with Crippen LogP contribution in [0.5, 0.6) is 0 Å². The second kappa shape index (κ2) is 4.78. The van der Waals surface area contributed by atoms with Gasteiger partial charge in [-0.15, -0.1) is 0 Å². The van der Waals surface area contributed by atoms with Gasteiger partial charge in [0.25, 0.3) is 0 Å². The summed E-state index contributed by atoms with van der Waals surface area (Å²) in [6.45, 7) is 1.79. The number of carbonyl (C=O) groups is 1. The van der Waals surface area contributed by atoms with Gasteiger partial charge in [-0.2, -0.15) is 0 Å². The van der Waals surface area contributed by atoms with Gasteiger partial charge in [0, 0.05) is 0 Å². The lowest BCUT2D eigenvalue weighted by molar-refractivity contribution is 0.0698. The Bertz CT molecular complexity index is 623. The van der Waals surface area contributed by atoms with Crippen molar-refractivity contribution in [1.29, 1.82) is 0 Å². The zero-order valence-corrected chi connectivity index (χ0v) is 10.3. The Kier molecular flexibility index (Phi) is 3.34. The van der Waals surface area contributed by atoms with Crippen molar-refractivity contribution >= 4 is 17.6 Å². The average Bonchev–Trinajstić information content (AvgIpc) is 2.31. The molecule has 0 aliphatic heterocycles. The number of hydrogen-bond acceptors (Lipinski definition) is 1. The predicted octanol–water partition coefficient (Wildman–Crippen LogP) is 4.15. The molecule has 0 fully saturated rings. The lowest BCUT2D eigenvalue weighted by atomic mass is 9.96. The largest absolute Gasteiger partial charge is 0.478 e. The molecule has 0 aliphatic carbocycles. The Morgan fingerprint density at radius 1 is 1.22 bits per heavy atom. The van der Waals surface area contributed by atoms with Crippen molar-refractivity contribution in [2.45, 2.75) is 6.92 Å². The van der Waals surface area contributed by atoms with Crippen molar-refractivity contribution in [2.24, 2.45) is 0 Å². The van der Waals surface area contributed by atoms with Crippen molar-refractivity contribution in [3.05, 3.63) is 58.4 Å². The van der Waals surface area contributed by atoms with Crippen LogP contribution in [0.4, 0.5) is 4.39 Å². The van der Waals surface area contributed by atoms with Gasteiger partial charge in [0.2, 0.25) is 0 Å². The summed E-state index contributed by atoms with van der Waals surface area (Å²) in [7, 11) is 0. The minimum atomic E-state index is -1.13. The van der Waals surface area contributed by atoms with E-state index >= 15 is 0 Å². The number of carboxylic acid groups (broad SMARTS) is 1. The third kappa shape index (κ3) is 2.22. The zero-order chi connectivity index (χ0) is 13.3. The molecule has 2 nitrogen and oxygen atoms in total. The van der Waals surface area contributed by atoms with Crippen LogP contribution in [0.1, 0.15) is 15.9 Å². The SMILES string of the molecule is Cc1ccc(F)cc1-c1cccc(Cl)c1C(=O)O. The standard InChI is InChI=1S/C14H10ClFO2/c1-8-5-6-9(16)7-11(8)10-3-2-4-12(15)13(10)14(17)18/h2-7H,1H3,(H,17,18). The lowest BCUT2D eigenvalue weighted by Gasteiger charge is -2.10. The Morgan fingerprint density at radius 3 is 2.61 bits per heavy atom. The molecule has 2 aromatic rings. The minimum absolute atomic E-state index is 0.00660. The highest BCUT2D eigenvalue weighted by molar-refractivity contribution is 6.34. The maximum Gasteiger partial charge on any atom is 0.337 e. The number of halogens is 2. The van der Waals surface area contributed by atoms with Crippen molar-refractivity contribution in [1.82, 2.24) is 0 Å². The zero-order valence-electron chi connectivity index (χ0n) is 9.58. The number of aryl methyl sites for hydroxylation is 1. The second-order valence-electron chi connectivity index (χ2n) is 3.93. The third-order valence-corrected chi connectivity index (χ3v) is 3.03. The fraction of sp³-hybridized carbons (Fsp3) is 0.0714. The van der Waals surface area contributed by atoms with E-state index in [-0.39, 0.29) is 10.6 Å². The topological polar surface area (TPSA) is 37.3 Å². The molecule has 0 saturated heterocycles. The Balaban J connectivity index is 2.75. The van der Waals surface area contributed by atoms with Crippen molar-refractivity contribution in [3.8, 4) is 11.1 Å². The van der Waals surface area contributed by atoms with Crippen LogP contribution in [0, 0.1) is 12.7 Å². The molecule has 2 aromatic carbocycles. The first-order valence-corrected chi connectivity index (χ1v) is 5.67. The van der Waals surface area contributed by atoms with Gasteiger partial charge in [0.15, 0.2) is 0 Å². The van der Waals surface area contributed by atoms with Crippen molar-refractivity contribution in [2.75, 3.05) is 0 Å². The highest BCUT2D eigenvalue weighted by atomic mass is 35.5. The van der Waals surface area contributed by atoms with Gasteiger partial charge in [-0.05, 0) is 41.8 Å². The van der Waals surface area contributed by atoms with Crippen molar-refractivity contribution < 1.29 is 14.3 Å². The number of aromatic carboxylic acids is 1. The summed E-state index contributed by atoms with van der Waals surface area (Å²) >= 11 is 5.89. The predicted molar refractivity (Wildman–Crippen MR) is 68.5 cm³/mol. The van der Waals surface area contributed by atoms with Crippen molar-refractivity contribution in [3.63, 3.8) is 0 Å². The van der Waals surface area contributed by atoms with Gasteiger partial charge in [-0.3, -0.25) is 0 Å². The van der Waals surface area contributed by atoms with E-state index in [1.54, 1.807) is 25.1 Å². The molecule has 4 heteroatoms. The quantitative estimate of drug-likeness (QED) is 0.885. The van der Waals surface area contributed by atoms with E-state index in [9.17, 15) is 14.3 Å². The first kappa shape index (κ1) is 12.6. The van der Waals surface area contributed by atoms with Gasteiger partial charge in [0.1, 0.15) is 5.82 Å². The number of benzene rings is 2. The number of carboxylic acids is 1. The van der Waals surface area contributed by atoms with Crippen LogP contribution in [-0.2, 0) is 0 Å². The van der Waals surface area contributed by atoms with Gasteiger partial charge >= 0.3 is 5.97 Å². The molecule has 0 atom stereocenters. The van der Waals surface area contributed by atoms with Crippen LogP contribution in [0.2, 0.25) is 5.02 Å². The molecule has 0 amide bonds. The molecular weight excluding hydrogens is 255 g/mol. The third-order valence-electron chi connectivity index (χ3n) is 2.72. The molecule has 92 valence electrons. The monoisotopic (exact) mass is 264 g/mol. The molecular formula is C14H10ClFO2. The van der Waals surface area contributed by atoms with E-state index in [1.165, 1.54) is 18.2 Å². The minimum Gasteiger partial charge on any atom is -0.478 e. The van der Waals surface area contributed by atoms with Crippen LogP contribution >= 0.6 is 11.6 Å². The molecule has 2 rings (SSSR count). The van der Waals surface area contributed by atoms with E-state index in [1.807, 2.05) is 0 Å². The van der Waals surface area contributed by atoms with Crippen LogP contribution in [0.3, 0.4) is 0 Å². The van der Waals surface area contributed by atoms with E-state index in [0.717, 1.165) is 5.56 Å².